The van der Waals surface area contributed by atoms with E-state index in [9.17, 15) is 0 Å². The monoisotopic (exact) mass is 456 g/mol. The van der Waals surface area contributed by atoms with Crippen LogP contribution >= 0.6 is 0 Å². The van der Waals surface area contributed by atoms with Gasteiger partial charge in [0.2, 0.25) is 0 Å². The van der Waals surface area contributed by atoms with Gasteiger partial charge in [-0.05, 0) is 60.2 Å². The lowest BCUT2D eigenvalue weighted by Crippen LogP contribution is -2.51. The van der Waals surface area contributed by atoms with Crippen molar-refractivity contribution in [2.75, 3.05) is 0 Å². The van der Waals surface area contributed by atoms with Crippen molar-refractivity contribution in [3.63, 3.8) is 0 Å². The first-order chi connectivity index (χ1) is 16.5. The van der Waals surface area contributed by atoms with E-state index in [0.29, 0.717) is 0 Å². The fourth-order valence-electron chi connectivity index (χ4n) is 5.95. The molecule has 1 unspecified atom stereocenters. The molecule has 1 heteroatoms. The highest BCUT2D eigenvalue weighted by molar-refractivity contribution is 6.89. The second kappa shape index (κ2) is 9.08. The highest BCUT2D eigenvalue weighted by Gasteiger charge is 2.47. The highest BCUT2D eigenvalue weighted by Crippen LogP contribution is 2.58. The molecule has 0 amide bonds. The Morgan fingerprint density at radius 3 is 1.53 bits per heavy atom. The van der Waals surface area contributed by atoms with E-state index in [1.807, 2.05) is 0 Å². The predicted octanol–water partition coefficient (Wildman–Crippen LogP) is 7.28. The number of benzene rings is 4. The van der Waals surface area contributed by atoms with E-state index in [4.69, 9.17) is 0 Å². The van der Waals surface area contributed by atoms with Crippen molar-refractivity contribution in [1.82, 2.24) is 0 Å². The molecule has 0 bridgehead atoms. The number of hydrogen-bond acceptors (Lipinski definition) is 0. The van der Waals surface area contributed by atoms with Crippen molar-refractivity contribution in [3.05, 3.63) is 138 Å². The van der Waals surface area contributed by atoms with E-state index in [1.54, 1.807) is 0 Å². The van der Waals surface area contributed by atoms with Gasteiger partial charge >= 0.3 is 0 Å². The van der Waals surface area contributed by atoms with Crippen molar-refractivity contribution >= 4 is 24.7 Å². The summed E-state index contributed by atoms with van der Waals surface area (Å²) in [5.41, 5.74) is 9.81. The Hall–Kier alpha value is -3.42. The van der Waals surface area contributed by atoms with Gasteiger partial charge in [0.1, 0.15) is 8.80 Å². The van der Waals surface area contributed by atoms with Gasteiger partial charge in [0.05, 0.1) is 0 Å². The summed E-state index contributed by atoms with van der Waals surface area (Å²) in [6.07, 6.45) is 0. The van der Waals surface area contributed by atoms with Crippen LogP contribution in [-0.4, -0.2) is 8.80 Å². The van der Waals surface area contributed by atoms with Gasteiger partial charge in [0.15, 0.2) is 0 Å². The summed E-state index contributed by atoms with van der Waals surface area (Å²) in [7, 11) is -1.69. The molecule has 0 nitrogen and oxygen atoms in total. The first kappa shape index (κ1) is 22.4. The van der Waals surface area contributed by atoms with E-state index in [-0.39, 0.29) is 5.04 Å². The molecule has 1 aliphatic carbocycles. The Morgan fingerprint density at radius 2 is 0.971 bits per heavy atom. The molecule has 0 heterocycles. The fourth-order valence-corrected chi connectivity index (χ4v) is 10.2. The van der Waals surface area contributed by atoms with Crippen LogP contribution in [0, 0.1) is 0 Å². The Kier molecular flexibility index (Phi) is 5.97. The van der Waals surface area contributed by atoms with Crippen LogP contribution in [-0.2, 0) is 0 Å². The largest absolute Gasteiger partial charge is 0.117 e. The second-order valence-electron chi connectivity index (χ2n) is 9.65. The summed E-state index contributed by atoms with van der Waals surface area (Å²) in [6.45, 7) is 9.54. The van der Waals surface area contributed by atoms with Gasteiger partial charge < -0.3 is 0 Å². The minimum Gasteiger partial charge on any atom is -0.0629 e. The van der Waals surface area contributed by atoms with Crippen LogP contribution in [0.15, 0.2) is 132 Å². The van der Waals surface area contributed by atoms with E-state index < -0.39 is 8.80 Å². The van der Waals surface area contributed by atoms with Crippen LogP contribution in [0.2, 0.25) is 5.04 Å². The Morgan fingerprint density at radius 1 is 0.500 bits per heavy atom. The maximum absolute atomic E-state index is 2.52. The molecule has 0 N–H and O–H groups in total. The molecule has 168 valence electrons. The second-order valence-corrected chi connectivity index (χ2v) is 13.0. The zero-order chi connectivity index (χ0) is 23.7. The summed E-state index contributed by atoms with van der Waals surface area (Å²) >= 11 is 0. The Balaban J connectivity index is 1.74. The quantitative estimate of drug-likeness (QED) is 0.277. The van der Waals surface area contributed by atoms with Gasteiger partial charge in [0.25, 0.3) is 0 Å². The fraction of sp³-hybridized carbons (Fsp3) is 0.152. The lowest BCUT2D eigenvalue weighted by atomic mass is 9.89. The normalized spacial score (nSPS) is 18.1. The first-order valence-corrected chi connectivity index (χ1v) is 13.9. The molecule has 0 saturated carbocycles. The molecule has 0 aromatic heterocycles. The molecule has 5 rings (SSSR count). The third kappa shape index (κ3) is 3.71. The van der Waals surface area contributed by atoms with Crippen LogP contribution in [0.3, 0.4) is 0 Å². The van der Waals surface area contributed by atoms with Crippen molar-refractivity contribution < 1.29 is 0 Å². The SMILES string of the molecule is CC1=C(C)C(C)([SiH](c2ccccc2)c2ccccc2)C(c2cccc(-c3ccccc3)c2)=C1C. The molecule has 1 atom stereocenters. The van der Waals surface area contributed by atoms with Gasteiger partial charge in [-0.25, -0.2) is 0 Å². The van der Waals surface area contributed by atoms with Crippen LogP contribution in [0.5, 0.6) is 0 Å². The van der Waals surface area contributed by atoms with Crippen LogP contribution in [0.1, 0.15) is 33.3 Å². The summed E-state index contributed by atoms with van der Waals surface area (Å²) in [5, 5.41) is 2.97. The van der Waals surface area contributed by atoms with Crippen molar-refractivity contribution in [1.29, 1.82) is 0 Å². The average Bonchev–Trinajstić information content (AvgIpc) is 3.06. The smallest absolute Gasteiger partial charge is 0.0629 e. The third-order valence-corrected chi connectivity index (χ3v) is 11.9. The molecule has 0 radical (unpaired) electrons. The van der Waals surface area contributed by atoms with Gasteiger partial charge in [-0.2, -0.15) is 0 Å². The van der Waals surface area contributed by atoms with E-state index in [1.165, 1.54) is 49.4 Å². The predicted molar refractivity (Wildman–Crippen MR) is 151 cm³/mol. The van der Waals surface area contributed by atoms with Crippen molar-refractivity contribution in [2.24, 2.45) is 0 Å². The number of allylic oxidation sites excluding steroid dienone is 4. The van der Waals surface area contributed by atoms with E-state index >= 15 is 0 Å². The van der Waals surface area contributed by atoms with Crippen molar-refractivity contribution in [2.45, 2.75) is 32.7 Å². The third-order valence-electron chi connectivity index (χ3n) is 7.90. The molecule has 0 saturated heterocycles. The maximum Gasteiger partial charge on any atom is 0.117 e. The van der Waals surface area contributed by atoms with Crippen LogP contribution < -0.4 is 10.4 Å². The zero-order valence-corrected chi connectivity index (χ0v) is 21.7. The average molecular weight is 457 g/mol. The van der Waals surface area contributed by atoms with Crippen molar-refractivity contribution in [3.8, 4) is 11.1 Å². The Bertz CT molecular complexity index is 1320. The molecule has 0 spiro atoms. The number of rotatable bonds is 5. The molecule has 4 aromatic rings. The van der Waals surface area contributed by atoms with Gasteiger partial charge in [-0.1, -0.05) is 132 Å². The summed E-state index contributed by atoms with van der Waals surface area (Å²) < 4.78 is 0. The zero-order valence-electron chi connectivity index (χ0n) is 20.5. The van der Waals surface area contributed by atoms with E-state index in [2.05, 4.69) is 143 Å². The summed E-state index contributed by atoms with van der Waals surface area (Å²) in [5.74, 6) is 0. The lowest BCUT2D eigenvalue weighted by Gasteiger charge is -2.39. The highest BCUT2D eigenvalue weighted by atomic mass is 28.3. The standard InChI is InChI=1S/C33H32Si/c1-24-25(2)32(29-18-14-17-28(23-29)27-15-8-5-9-16-27)33(4,26(24)3)34(30-19-10-6-11-20-30)31-21-12-7-13-22-31/h5-23,34H,1-4H3. The molecule has 1 aliphatic rings. The lowest BCUT2D eigenvalue weighted by molar-refractivity contribution is 0.902. The molecule has 34 heavy (non-hydrogen) atoms. The molecule has 0 aliphatic heterocycles. The molecule has 4 aromatic carbocycles. The molecular formula is C33H32Si. The molecule has 0 fully saturated rings. The van der Waals surface area contributed by atoms with E-state index in [0.717, 1.165) is 0 Å². The topological polar surface area (TPSA) is 0 Å². The van der Waals surface area contributed by atoms with Gasteiger partial charge in [-0.3, -0.25) is 0 Å². The minimum atomic E-state index is -1.69. The first-order valence-electron chi connectivity index (χ1n) is 12.2. The minimum absolute atomic E-state index is 0.0216. The molecular weight excluding hydrogens is 424 g/mol. The number of hydrogen-bond donors (Lipinski definition) is 0. The summed E-state index contributed by atoms with van der Waals surface area (Å²) in [6, 6.07) is 42.4. The van der Waals surface area contributed by atoms with Gasteiger partial charge in [0, 0.05) is 5.04 Å². The maximum atomic E-state index is 2.52. The van der Waals surface area contributed by atoms with Gasteiger partial charge in [-0.15, -0.1) is 0 Å². The van der Waals surface area contributed by atoms with Crippen LogP contribution in [0.25, 0.3) is 16.7 Å². The Labute approximate surface area is 205 Å². The van der Waals surface area contributed by atoms with Crippen LogP contribution in [0.4, 0.5) is 0 Å². The summed E-state index contributed by atoms with van der Waals surface area (Å²) in [4.78, 5) is 0.